The zero-order valence-electron chi connectivity index (χ0n) is 5.07. The Morgan fingerprint density at radius 2 is 2.25 bits per heavy atom. The van der Waals surface area contributed by atoms with Gasteiger partial charge in [0.05, 0.1) is 5.38 Å². The van der Waals surface area contributed by atoms with Gasteiger partial charge in [0.1, 0.15) is 0 Å². The smallest absolute Gasteiger partial charge is 0.151 e. The molecule has 1 fully saturated rings. The average Bonchev–Trinajstić information content (AvgIpc) is 1.65. The van der Waals surface area contributed by atoms with E-state index in [0.717, 1.165) is 0 Å². The first kappa shape index (κ1) is 6.09. The number of hydrogen-bond donors (Lipinski definition) is 0. The fourth-order valence-corrected chi connectivity index (χ4v) is 1.09. The van der Waals surface area contributed by atoms with Gasteiger partial charge in [-0.25, -0.2) is 0 Å². The lowest BCUT2D eigenvalue weighted by Crippen LogP contribution is -2.45. The number of halogens is 1. The van der Waals surface area contributed by atoms with Crippen molar-refractivity contribution >= 4 is 17.4 Å². The lowest BCUT2D eigenvalue weighted by Gasteiger charge is -2.38. The van der Waals surface area contributed by atoms with Gasteiger partial charge in [0.25, 0.3) is 0 Å². The second-order valence-corrected chi connectivity index (χ2v) is 3.43. The minimum atomic E-state index is -0.220. The van der Waals surface area contributed by atoms with Crippen molar-refractivity contribution < 1.29 is 4.79 Å². The monoisotopic (exact) mass is 132 g/mol. The van der Waals surface area contributed by atoms with Crippen molar-refractivity contribution in [2.45, 2.75) is 25.6 Å². The van der Waals surface area contributed by atoms with Gasteiger partial charge in [-0.05, 0) is 5.41 Å². The summed E-state index contributed by atoms with van der Waals surface area (Å²) in [4.78, 5) is 10.5. The molecular formula is C6H9ClO. The normalized spacial score (nSPS) is 34.4. The molecule has 0 N–H and O–H groups in total. The van der Waals surface area contributed by atoms with Crippen molar-refractivity contribution in [2.24, 2.45) is 5.41 Å². The van der Waals surface area contributed by atoms with Gasteiger partial charge in [0.15, 0.2) is 5.78 Å². The van der Waals surface area contributed by atoms with E-state index >= 15 is 0 Å². The van der Waals surface area contributed by atoms with Crippen LogP contribution in [0.25, 0.3) is 0 Å². The molecule has 0 aliphatic heterocycles. The molecule has 0 bridgehead atoms. The minimum Gasteiger partial charge on any atom is -0.298 e. The van der Waals surface area contributed by atoms with Crippen LogP contribution in [0.1, 0.15) is 20.3 Å². The molecule has 1 unspecified atom stereocenters. The zero-order chi connectivity index (χ0) is 6.36. The van der Waals surface area contributed by atoms with E-state index in [9.17, 15) is 4.79 Å². The van der Waals surface area contributed by atoms with E-state index in [-0.39, 0.29) is 16.6 Å². The van der Waals surface area contributed by atoms with Crippen LogP contribution in [0.2, 0.25) is 0 Å². The van der Waals surface area contributed by atoms with Gasteiger partial charge in [0.2, 0.25) is 0 Å². The number of rotatable bonds is 0. The highest BCUT2D eigenvalue weighted by atomic mass is 35.5. The highest BCUT2D eigenvalue weighted by Gasteiger charge is 2.44. The average molecular weight is 133 g/mol. The SMILES string of the molecule is CC1(C)CC(=O)C1Cl. The summed E-state index contributed by atoms with van der Waals surface area (Å²) in [6.07, 6.45) is 0.654. The predicted octanol–water partition coefficient (Wildman–Crippen LogP) is 1.59. The maximum atomic E-state index is 10.5. The summed E-state index contributed by atoms with van der Waals surface area (Å²) < 4.78 is 0. The molecule has 0 amide bonds. The Bertz CT molecular complexity index is 128. The Hall–Kier alpha value is -0.0400. The number of hydrogen-bond acceptors (Lipinski definition) is 1. The molecule has 0 aromatic carbocycles. The molecule has 1 atom stereocenters. The Balaban J connectivity index is 2.60. The van der Waals surface area contributed by atoms with E-state index in [1.807, 2.05) is 13.8 Å². The van der Waals surface area contributed by atoms with E-state index in [4.69, 9.17) is 11.6 Å². The summed E-state index contributed by atoms with van der Waals surface area (Å²) >= 11 is 5.64. The zero-order valence-corrected chi connectivity index (χ0v) is 5.83. The molecule has 0 saturated heterocycles. The van der Waals surface area contributed by atoms with Crippen LogP contribution in [-0.4, -0.2) is 11.2 Å². The van der Waals surface area contributed by atoms with Crippen molar-refractivity contribution in [3.63, 3.8) is 0 Å². The van der Waals surface area contributed by atoms with Gasteiger partial charge in [0, 0.05) is 6.42 Å². The molecule has 0 spiro atoms. The molecule has 2 heteroatoms. The first-order valence-electron chi connectivity index (χ1n) is 2.71. The molecular weight excluding hydrogens is 124 g/mol. The number of carbonyl (C=O) groups is 1. The van der Waals surface area contributed by atoms with E-state index in [0.29, 0.717) is 6.42 Å². The predicted molar refractivity (Wildman–Crippen MR) is 33.0 cm³/mol. The van der Waals surface area contributed by atoms with Crippen LogP contribution in [0.5, 0.6) is 0 Å². The summed E-state index contributed by atoms with van der Waals surface area (Å²) in [7, 11) is 0. The van der Waals surface area contributed by atoms with Crippen LogP contribution in [-0.2, 0) is 4.79 Å². The van der Waals surface area contributed by atoms with E-state index in [2.05, 4.69) is 0 Å². The third-order valence-corrected chi connectivity index (χ3v) is 2.43. The topological polar surface area (TPSA) is 17.1 Å². The number of alkyl halides is 1. The maximum Gasteiger partial charge on any atom is 0.151 e. The second-order valence-electron chi connectivity index (χ2n) is 2.99. The van der Waals surface area contributed by atoms with E-state index in [1.165, 1.54) is 0 Å². The number of ketones is 1. The molecule has 0 aromatic rings. The third-order valence-electron chi connectivity index (χ3n) is 1.60. The molecule has 1 saturated carbocycles. The van der Waals surface area contributed by atoms with Gasteiger partial charge < -0.3 is 0 Å². The largest absolute Gasteiger partial charge is 0.298 e. The molecule has 0 radical (unpaired) electrons. The van der Waals surface area contributed by atoms with Crippen molar-refractivity contribution in [3.05, 3.63) is 0 Å². The van der Waals surface area contributed by atoms with Crippen molar-refractivity contribution in [3.8, 4) is 0 Å². The van der Waals surface area contributed by atoms with E-state index < -0.39 is 0 Å². The summed E-state index contributed by atoms with van der Waals surface area (Å²) in [6, 6.07) is 0. The van der Waals surface area contributed by atoms with Crippen LogP contribution >= 0.6 is 11.6 Å². The number of carbonyl (C=O) groups excluding carboxylic acids is 1. The molecule has 1 aliphatic carbocycles. The molecule has 1 aliphatic rings. The van der Waals surface area contributed by atoms with Gasteiger partial charge in [-0.15, -0.1) is 11.6 Å². The number of Topliss-reactive ketones (excluding diaryl/α,β-unsaturated/α-hetero) is 1. The van der Waals surface area contributed by atoms with Crippen LogP contribution < -0.4 is 0 Å². The standard InChI is InChI=1S/C6H9ClO/c1-6(2)3-4(8)5(6)7/h5H,3H2,1-2H3. The molecule has 0 aromatic heterocycles. The summed E-state index contributed by atoms with van der Waals surface area (Å²) in [5.41, 5.74) is 0.0681. The van der Waals surface area contributed by atoms with Gasteiger partial charge in [-0.1, -0.05) is 13.8 Å². The fraction of sp³-hybridized carbons (Fsp3) is 0.833. The lowest BCUT2D eigenvalue weighted by molar-refractivity contribution is -0.129. The first-order valence-corrected chi connectivity index (χ1v) is 3.14. The minimum absolute atomic E-state index is 0.0681. The lowest BCUT2D eigenvalue weighted by atomic mass is 9.71. The summed E-state index contributed by atoms with van der Waals surface area (Å²) in [5, 5.41) is -0.220. The van der Waals surface area contributed by atoms with Gasteiger partial charge in [-0.2, -0.15) is 0 Å². The van der Waals surface area contributed by atoms with E-state index in [1.54, 1.807) is 0 Å². The van der Waals surface area contributed by atoms with Crippen LogP contribution in [0.15, 0.2) is 0 Å². The fourth-order valence-electron chi connectivity index (χ4n) is 0.933. The van der Waals surface area contributed by atoms with Crippen molar-refractivity contribution in [1.82, 2.24) is 0 Å². The second kappa shape index (κ2) is 1.47. The molecule has 1 nitrogen and oxygen atoms in total. The Kier molecular flexibility index (Phi) is 1.12. The summed E-state index contributed by atoms with van der Waals surface area (Å²) in [6.45, 7) is 4.01. The van der Waals surface area contributed by atoms with Crippen LogP contribution in [0, 0.1) is 5.41 Å². The molecule has 46 valence electrons. The van der Waals surface area contributed by atoms with Crippen molar-refractivity contribution in [1.29, 1.82) is 0 Å². The quantitative estimate of drug-likeness (QED) is 0.458. The highest BCUT2D eigenvalue weighted by Crippen LogP contribution is 2.40. The Morgan fingerprint density at radius 1 is 1.75 bits per heavy atom. The van der Waals surface area contributed by atoms with Gasteiger partial charge >= 0.3 is 0 Å². The van der Waals surface area contributed by atoms with Crippen molar-refractivity contribution in [2.75, 3.05) is 0 Å². The van der Waals surface area contributed by atoms with Crippen LogP contribution in [0.4, 0.5) is 0 Å². The van der Waals surface area contributed by atoms with Crippen LogP contribution in [0.3, 0.4) is 0 Å². The Morgan fingerprint density at radius 3 is 2.25 bits per heavy atom. The highest BCUT2D eigenvalue weighted by molar-refractivity contribution is 6.34. The Labute approximate surface area is 54.0 Å². The molecule has 8 heavy (non-hydrogen) atoms. The molecule has 0 heterocycles. The third kappa shape index (κ3) is 0.655. The van der Waals surface area contributed by atoms with Gasteiger partial charge in [-0.3, -0.25) is 4.79 Å². The summed E-state index contributed by atoms with van der Waals surface area (Å²) in [5.74, 6) is 0.191. The first-order chi connectivity index (χ1) is 3.54. The maximum absolute atomic E-state index is 10.5. The molecule has 1 rings (SSSR count).